The normalized spacial score (nSPS) is 14.3. The molecule has 10 nitrogen and oxygen atoms in total. The van der Waals surface area contributed by atoms with Crippen molar-refractivity contribution in [2.24, 2.45) is 5.92 Å². The summed E-state index contributed by atoms with van der Waals surface area (Å²) < 4.78 is 48.6. The summed E-state index contributed by atoms with van der Waals surface area (Å²) >= 11 is 0. The highest BCUT2D eigenvalue weighted by atomic mass is 32.2. The predicted octanol–water partition coefficient (Wildman–Crippen LogP) is 2.84. The Morgan fingerprint density at radius 2 is 1.91 bits per heavy atom. The van der Waals surface area contributed by atoms with Crippen LogP contribution in [0.3, 0.4) is 0 Å². The molecule has 1 atom stereocenters. The molecule has 192 valence electrons. The molecule has 1 amide bonds. The average molecular weight is 501 g/mol. The summed E-state index contributed by atoms with van der Waals surface area (Å²) in [6.45, 7) is 5.68. The van der Waals surface area contributed by atoms with E-state index in [1.54, 1.807) is 20.8 Å². The van der Waals surface area contributed by atoms with Gasteiger partial charge in [0.2, 0.25) is 10.0 Å². The van der Waals surface area contributed by atoms with E-state index in [0.717, 1.165) is 16.2 Å². The largest absolute Gasteiger partial charge is 0.493 e. The van der Waals surface area contributed by atoms with Crippen LogP contribution in [0.15, 0.2) is 24.3 Å². The van der Waals surface area contributed by atoms with E-state index >= 15 is 0 Å². The maximum Gasteiger partial charge on any atom is 0.412 e. The van der Waals surface area contributed by atoms with E-state index in [0.29, 0.717) is 12.5 Å². The molecule has 1 saturated carbocycles. The first-order chi connectivity index (χ1) is 16.2. The fourth-order valence-corrected chi connectivity index (χ4v) is 4.32. The van der Waals surface area contributed by atoms with E-state index < -0.39 is 28.1 Å². The van der Waals surface area contributed by atoms with E-state index in [1.165, 1.54) is 12.8 Å². The van der Waals surface area contributed by atoms with Crippen molar-refractivity contribution in [3.63, 3.8) is 0 Å². The van der Waals surface area contributed by atoms with Crippen LogP contribution in [0.2, 0.25) is 0 Å². The van der Waals surface area contributed by atoms with Crippen molar-refractivity contribution in [2.75, 3.05) is 45.5 Å². The van der Waals surface area contributed by atoms with Gasteiger partial charge < -0.3 is 18.9 Å². The number of amides is 1. The molecule has 0 bridgehead atoms. The average Bonchev–Trinajstić information content (AvgIpc) is 3.61. The van der Waals surface area contributed by atoms with E-state index in [4.69, 9.17) is 18.9 Å². The van der Waals surface area contributed by atoms with Gasteiger partial charge in [0.25, 0.3) is 0 Å². The molecule has 0 radical (unpaired) electrons. The first-order valence-electron chi connectivity index (χ1n) is 11.6. The van der Waals surface area contributed by atoms with Gasteiger partial charge in [0.15, 0.2) is 0 Å². The Morgan fingerprint density at radius 3 is 2.59 bits per heavy atom. The highest BCUT2D eigenvalue weighted by Crippen LogP contribution is 2.30. The van der Waals surface area contributed by atoms with Gasteiger partial charge in [-0.3, -0.25) is 9.69 Å². The first-order valence-corrected chi connectivity index (χ1v) is 13.3. The summed E-state index contributed by atoms with van der Waals surface area (Å²) in [5.41, 5.74) is 0.817. The van der Waals surface area contributed by atoms with Crippen molar-refractivity contribution in [1.82, 2.24) is 9.62 Å². The van der Waals surface area contributed by atoms with Crippen LogP contribution in [0.1, 0.15) is 51.6 Å². The minimum Gasteiger partial charge on any atom is -0.493 e. The maximum atomic E-state index is 12.5. The maximum absolute atomic E-state index is 12.5. The Bertz CT molecular complexity index is 889. The van der Waals surface area contributed by atoms with E-state index in [-0.39, 0.29) is 45.3 Å². The molecule has 1 aromatic carbocycles. The molecule has 1 aliphatic carbocycles. The third-order valence-corrected chi connectivity index (χ3v) is 6.54. The van der Waals surface area contributed by atoms with Gasteiger partial charge in [-0.05, 0) is 63.6 Å². The van der Waals surface area contributed by atoms with Gasteiger partial charge in [-0.15, -0.1) is 0 Å². The van der Waals surface area contributed by atoms with Crippen LogP contribution >= 0.6 is 0 Å². The lowest BCUT2D eigenvalue weighted by molar-refractivity contribution is -0.145. The second-order valence-corrected chi connectivity index (χ2v) is 9.95. The predicted molar refractivity (Wildman–Crippen MR) is 126 cm³/mol. The van der Waals surface area contributed by atoms with Crippen molar-refractivity contribution < 1.29 is 37.0 Å². The summed E-state index contributed by atoms with van der Waals surface area (Å²) in [6.07, 6.45) is 1.91. The molecule has 0 heterocycles. The molecule has 11 heteroatoms. The van der Waals surface area contributed by atoms with Gasteiger partial charge in [-0.25, -0.2) is 17.9 Å². The third-order valence-electron chi connectivity index (χ3n) is 5.00. The number of nitrogens with one attached hydrogen (secondary N) is 1. The molecule has 1 aliphatic rings. The molecule has 1 aromatic rings. The molecular weight excluding hydrogens is 464 g/mol. The molecular formula is C23H36N2O8S. The van der Waals surface area contributed by atoms with E-state index in [1.807, 2.05) is 24.3 Å². The van der Waals surface area contributed by atoms with Crippen molar-refractivity contribution in [3.05, 3.63) is 29.8 Å². The zero-order chi connectivity index (χ0) is 25.0. The van der Waals surface area contributed by atoms with Gasteiger partial charge in [-0.2, -0.15) is 0 Å². The summed E-state index contributed by atoms with van der Waals surface area (Å²) in [4.78, 5) is 24.7. The molecule has 1 fully saturated rings. The Hall–Kier alpha value is -2.37. The topological polar surface area (TPSA) is 120 Å². The number of benzene rings is 1. The minimum absolute atomic E-state index is 0.0819. The molecule has 34 heavy (non-hydrogen) atoms. The highest BCUT2D eigenvalue weighted by molar-refractivity contribution is 7.89. The van der Waals surface area contributed by atoms with Gasteiger partial charge in [-0.1, -0.05) is 12.1 Å². The lowest BCUT2D eigenvalue weighted by Gasteiger charge is -2.20. The van der Waals surface area contributed by atoms with Crippen LogP contribution in [-0.4, -0.2) is 70.8 Å². The quantitative estimate of drug-likeness (QED) is 0.209. The van der Waals surface area contributed by atoms with Crippen LogP contribution in [0.25, 0.3) is 0 Å². The minimum atomic E-state index is -3.56. The Balaban J connectivity index is 1.75. The lowest BCUT2D eigenvalue weighted by Crippen LogP contribution is -2.38. The SMILES string of the molecule is CCOC(=O)CN(COCCCS(=O)(=O)N[C@H](C)c1cccc(OCC2CC2)c1)C(=O)OCC. The van der Waals surface area contributed by atoms with Crippen LogP contribution in [-0.2, 0) is 29.0 Å². The number of sulfonamides is 1. The van der Waals surface area contributed by atoms with Gasteiger partial charge >= 0.3 is 12.1 Å². The number of ether oxygens (including phenoxy) is 4. The number of carbonyl (C=O) groups excluding carboxylic acids is 2. The highest BCUT2D eigenvalue weighted by Gasteiger charge is 2.22. The van der Waals surface area contributed by atoms with Gasteiger partial charge in [0.1, 0.15) is 19.0 Å². The second-order valence-electron chi connectivity index (χ2n) is 8.08. The molecule has 2 rings (SSSR count). The standard InChI is InChI=1S/C23H36N2O8S/c1-4-31-22(26)15-25(23(27)32-5-2)17-30-12-7-13-34(28,29)24-18(3)20-8-6-9-21(14-20)33-16-19-10-11-19/h6,8-9,14,18-19,24H,4-5,7,10-13,15-17H2,1-3H3/t18-/m1/s1. The summed E-state index contributed by atoms with van der Waals surface area (Å²) in [5, 5.41) is 0. The molecule has 0 saturated heterocycles. The monoisotopic (exact) mass is 500 g/mol. The summed E-state index contributed by atoms with van der Waals surface area (Å²) in [7, 11) is -3.56. The smallest absolute Gasteiger partial charge is 0.412 e. The Kier molecular flexibility index (Phi) is 11.6. The number of carbonyl (C=O) groups is 2. The van der Waals surface area contributed by atoms with Crippen molar-refractivity contribution in [2.45, 2.75) is 46.1 Å². The number of hydrogen-bond donors (Lipinski definition) is 1. The Morgan fingerprint density at radius 1 is 1.18 bits per heavy atom. The molecule has 0 aliphatic heterocycles. The zero-order valence-corrected chi connectivity index (χ0v) is 21.0. The van der Waals surface area contributed by atoms with Crippen molar-refractivity contribution >= 4 is 22.1 Å². The number of nitrogens with zero attached hydrogens (tertiary/aromatic N) is 1. The number of esters is 1. The van der Waals surface area contributed by atoms with Gasteiger partial charge in [0.05, 0.1) is 25.6 Å². The van der Waals surface area contributed by atoms with Gasteiger partial charge in [0, 0.05) is 12.6 Å². The second kappa shape index (κ2) is 14.1. The molecule has 0 spiro atoms. The Labute approximate surface area is 201 Å². The molecule has 0 unspecified atom stereocenters. The van der Waals surface area contributed by atoms with Crippen LogP contribution in [0.5, 0.6) is 5.75 Å². The van der Waals surface area contributed by atoms with E-state index in [9.17, 15) is 18.0 Å². The van der Waals surface area contributed by atoms with E-state index in [2.05, 4.69) is 4.72 Å². The van der Waals surface area contributed by atoms with Crippen LogP contribution in [0.4, 0.5) is 4.79 Å². The number of hydrogen-bond acceptors (Lipinski definition) is 8. The first kappa shape index (κ1) is 27.9. The van der Waals surface area contributed by atoms with Crippen molar-refractivity contribution in [1.29, 1.82) is 0 Å². The van der Waals surface area contributed by atoms with Crippen LogP contribution in [0, 0.1) is 5.92 Å². The fourth-order valence-electron chi connectivity index (χ4n) is 3.03. The van der Waals surface area contributed by atoms with Crippen molar-refractivity contribution in [3.8, 4) is 5.75 Å². The third kappa shape index (κ3) is 10.7. The van der Waals surface area contributed by atoms with Crippen LogP contribution < -0.4 is 9.46 Å². The summed E-state index contributed by atoms with van der Waals surface area (Å²) in [5.74, 6) is 0.642. The summed E-state index contributed by atoms with van der Waals surface area (Å²) in [6, 6.07) is 7.01. The fraction of sp³-hybridized carbons (Fsp3) is 0.652. The molecule has 1 N–H and O–H groups in total. The molecule has 0 aromatic heterocycles. The zero-order valence-electron chi connectivity index (χ0n) is 20.2. The lowest BCUT2D eigenvalue weighted by atomic mass is 10.1. The number of rotatable bonds is 16.